The summed E-state index contributed by atoms with van der Waals surface area (Å²) in [5.41, 5.74) is 2.66. The lowest BCUT2D eigenvalue weighted by atomic mass is 9.78. The molecule has 0 amide bonds. The van der Waals surface area contributed by atoms with Gasteiger partial charge in [-0.3, -0.25) is 0 Å². The maximum absolute atomic E-state index is 10.4. The van der Waals surface area contributed by atoms with E-state index in [1.165, 1.54) is 31.3 Å². The lowest BCUT2D eigenvalue weighted by Gasteiger charge is -2.27. The molecule has 3 fully saturated rings. The van der Waals surface area contributed by atoms with Crippen LogP contribution in [0.5, 0.6) is 0 Å². The maximum Gasteiger partial charge on any atom is 0.0729 e. The molecule has 0 unspecified atom stereocenters. The van der Waals surface area contributed by atoms with Crippen molar-refractivity contribution < 1.29 is 10.2 Å². The van der Waals surface area contributed by atoms with Crippen molar-refractivity contribution in [3.8, 4) is 0 Å². The highest BCUT2D eigenvalue weighted by Gasteiger charge is 2.66. The minimum absolute atomic E-state index is 0.0438. The Labute approximate surface area is 135 Å². The molecule has 0 bridgehead atoms. The average molecular weight is 304 g/mol. The molecule has 22 heavy (non-hydrogen) atoms. The van der Waals surface area contributed by atoms with Crippen molar-refractivity contribution >= 4 is 0 Å². The second-order valence-electron chi connectivity index (χ2n) is 8.52. The molecule has 0 spiro atoms. The van der Waals surface area contributed by atoms with Crippen LogP contribution in [0.2, 0.25) is 0 Å². The van der Waals surface area contributed by atoms with Crippen LogP contribution in [-0.4, -0.2) is 22.9 Å². The van der Waals surface area contributed by atoms with E-state index in [0.717, 1.165) is 41.6 Å². The topological polar surface area (TPSA) is 40.5 Å². The van der Waals surface area contributed by atoms with Crippen molar-refractivity contribution in [2.45, 2.75) is 59.0 Å². The Hall–Kier alpha value is -0.600. The molecule has 0 aliphatic heterocycles. The third-order valence-electron chi connectivity index (χ3n) is 7.08. The number of allylic oxidation sites excluding steroid dienone is 1. The molecule has 0 aromatic heterocycles. The summed E-state index contributed by atoms with van der Waals surface area (Å²) in [5, 5.41) is 19.5. The zero-order valence-electron chi connectivity index (χ0n) is 14.4. The summed E-state index contributed by atoms with van der Waals surface area (Å²) >= 11 is 0. The van der Waals surface area contributed by atoms with E-state index in [9.17, 15) is 5.11 Å². The van der Waals surface area contributed by atoms with E-state index >= 15 is 0 Å². The largest absolute Gasteiger partial charge is 0.392 e. The van der Waals surface area contributed by atoms with E-state index in [-0.39, 0.29) is 12.0 Å². The number of aliphatic hydroxyl groups is 2. The number of aliphatic hydroxyl groups excluding tert-OH is 2. The quantitative estimate of drug-likeness (QED) is 0.772. The third-order valence-corrected chi connectivity index (χ3v) is 7.08. The van der Waals surface area contributed by atoms with Crippen molar-refractivity contribution in [3.05, 3.63) is 23.8 Å². The average Bonchev–Trinajstić information content (AvgIpc) is 2.88. The molecule has 3 aliphatic rings. The van der Waals surface area contributed by atoms with Crippen molar-refractivity contribution in [3.63, 3.8) is 0 Å². The van der Waals surface area contributed by atoms with Crippen LogP contribution in [0.1, 0.15) is 52.9 Å². The van der Waals surface area contributed by atoms with Gasteiger partial charge in [-0.25, -0.2) is 0 Å². The molecule has 3 aliphatic carbocycles. The Morgan fingerprint density at radius 2 is 2.14 bits per heavy atom. The molecule has 0 aromatic carbocycles. The van der Waals surface area contributed by atoms with Crippen molar-refractivity contribution in [1.29, 1.82) is 0 Å². The predicted molar refractivity (Wildman–Crippen MR) is 90.3 cm³/mol. The molecule has 2 heteroatoms. The van der Waals surface area contributed by atoms with Gasteiger partial charge in [0.05, 0.1) is 12.7 Å². The molecule has 2 N–H and O–H groups in total. The molecule has 0 saturated heterocycles. The smallest absolute Gasteiger partial charge is 0.0729 e. The second kappa shape index (κ2) is 5.79. The fraction of sp³-hybridized carbons (Fsp3) is 0.800. The molecular weight excluding hydrogens is 272 g/mol. The van der Waals surface area contributed by atoms with Gasteiger partial charge in [0.2, 0.25) is 0 Å². The Morgan fingerprint density at radius 3 is 2.82 bits per heavy atom. The van der Waals surface area contributed by atoms with E-state index in [1.54, 1.807) is 0 Å². The first kappa shape index (κ1) is 16.3. The van der Waals surface area contributed by atoms with Crippen molar-refractivity contribution in [1.82, 2.24) is 0 Å². The van der Waals surface area contributed by atoms with Gasteiger partial charge >= 0.3 is 0 Å². The van der Waals surface area contributed by atoms with Crippen LogP contribution >= 0.6 is 0 Å². The van der Waals surface area contributed by atoms with Gasteiger partial charge in [-0.2, -0.15) is 0 Å². The van der Waals surface area contributed by atoms with Gasteiger partial charge in [0.1, 0.15) is 0 Å². The lowest BCUT2D eigenvalue weighted by molar-refractivity contribution is 0.160. The normalized spacial score (nSPS) is 46.0. The molecule has 7 atom stereocenters. The summed E-state index contributed by atoms with van der Waals surface area (Å²) in [6, 6.07) is 0. The molecular formula is C20H32O2. The number of hydrogen-bond acceptors (Lipinski definition) is 2. The zero-order valence-corrected chi connectivity index (χ0v) is 14.4. The monoisotopic (exact) mass is 304 g/mol. The van der Waals surface area contributed by atoms with Crippen LogP contribution in [0.25, 0.3) is 0 Å². The first-order valence-electron chi connectivity index (χ1n) is 9.02. The first-order chi connectivity index (χ1) is 10.4. The van der Waals surface area contributed by atoms with E-state index in [1.807, 2.05) is 13.0 Å². The number of rotatable bonds is 4. The molecule has 124 valence electrons. The SMILES string of the molecule is C=C1CC[C@@H]2[C@H]([C@@H]3[C@H](C)CC[C@@H]13)[C@@]2(C)C[C@@H](O)/C=C(/C)CO. The molecule has 0 aromatic rings. The zero-order chi connectivity index (χ0) is 16.1. The molecule has 3 rings (SSSR count). The van der Waals surface area contributed by atoms with Crippen LogP contribution < -0.4 is 0 Å². The van der Waals surface area contributed by atoms with Crippen LogP contribution in [0.15, 0.2) is 23.8 Å². The predicted octanol–water partition coefficient (Wildman–Crippen LogP) is 3.94. The summed E-state index contributed by atoms with van der Waals surface area (Å²) in [5.74, 6) is 3.86. The standard InChI is InChI=1S/C20H32O2/c1-12(11-21)9-15(22)10-20(4)17-8-6-13(2)16-7-5-14(3)18(16)19(17)20/h9,14-19,21-22H,2,5-8,10-11H2,1,3-4H3/b12-9-/t14-,15+,16+,17-,18-,19-,20+/m1/s1. The Morgan fingerprint density at radius 1 is 1.41 bits per heavy atom. The summed E-state index contributed by atoms with van der Waals surface area (Å²) in [4.78, 5) is 0. The Kier molecular flexibility index (Phi) is 4.28. The van der Waals surface area contributed by atoms with Crippen molar-refractivity contribution in [2.24, 2.45) is 35.0 Å². The van der Waals surface area contributed by atoms with Gasteiger partial charge in [0.25, 0.3) is 0 Å². The first-order valence-corrected chi connectivity index (χ1v) is 9.02. The van der Waals surface area contributed by atoms with E-state index in [0.29, 0.717) is 0 Å². The molecule has 3 saturated carbocycles. The lowest BCUT2D eigenvalue weighted by Crippen LogP contribution is -2.22. The highest BCUT2D eigenvalue weighted by molar-refractivity contribution is 5.22. The van der Waals surface area contributed by atoms with Crippen LogP contribution in [0, 0.1) is 35.0 Å². The Bertz CT molecular complexity index is 480. The van der Waals surface area contributed by atoms with Gasteiger partial charge in [0.15, 0.2) is 0 Å². The number of fused-ring (bicyclic) bond motifs is 3. The van der Waals surface area contributed by atoms with Gasteiger partial charge in [-0.15, -0.1) is 0 Å². The third kappa shape index (κ3) is 2.59. The molecule has 2 nitrogen and oxygen atoms in total. The highest BCUT2D eigenvalue weighted by atomic mass is 16.3. The Balaban J connectivity index is 1.76. The molecule has 0 radical (unpaired) electrons. The van der Waals surface area contributed by atoms with E-state index < -0.39 is 6.10 Å². The number of hydrogen-bond donors (Lipinski definition) is 2. The van der Waals surface area contributed by atoms with Gasteiger partial charge in [0, 0.05) is 0 Å². The van der Waals surface area contributed by atoms with Crippen LogP contribution in [0.4, 0.5) is 0 Å². The summed E-state index contributed by atoms with van der Waals surface area (Å²) in [6.07, 6.45) is 7.40. The van der Waals surface area contributed by atoms with Gasteiger partial charge in [-0.05, 0) is 79.6 Å². The fourth-order valence-corrected chi connectivity index (χ4v) is 5.93. The van der Waals surface area contributed by atoms with E-state index in [2.05, 4.69) is 20.4 Å². The second-order valence-corrected chi connectivity index (χ2v) is 8.52. The van der Waals surface area contributed by atoms with Gasteiger partial charge in [-0.1, -0.05) is 32.1 Å². The van der Waals surface area contributed by atoms with Crippen LogP contribution in [-0.2, 0) is 0 Å². The highest BCUT2D eigenvalue weighted by Crippen LogP contribution is 2.72. The minimum atomic E-state index is -0.414. The van der Waals surface area contributed by atoms with E-state index in [4.69, 9.17) is 5.11 Å². The summed E-state index contributed by atoms with van der Waals surface area (Å²) < 4.78 is 0. The molecule has 0 heterocycles. The summed E-state index contributed by atoms with van der Waals surface area (Å²) in [7, 11) is 0. The maximum atomic E-state index is 10.4. The minimum Gasteiger partial charge on any atom is -0.392 e. The summed E-state index contributed by atoms with van der Waals surface area (Å²) in [6.45, 7) is 11.1. The van der Waals surface area contributed by atoms with Crippen molar-refractivity contribution in [2.75, 3.05) is 6.61 Å². The van der Waals surface area contributed by atoms with Gasteiger partial charge < -0.3 is 10.2 Å². The fourth-order valence-electron chi connectivity index (χ4n) is 5.93. The van der Waals surface area contributed by atoms with Crippen LogP contribution in [0.3, 0.4) is 0 Å².